The predicted octanol–water partition coefficient (Wildman–Crippen LogP) is 0.893. The molecule has 1 aliphatic heterocycles. The van der Waals surface area contributed by atoms with E-state index in [1.165, 1.54) is 6.20 Å². The maximum absolute atomic E-state index is 12.2. The van der Waals surface area contributed by atoms with Crippen LogP contribution in [0.3, 0.4) is 0 Å². The van der Waals surface area contributed by atoms with Crippen LogP contribution < -0.4 is 5.46 Å². The van der Waals surface area contributed by atoms with Crippen LogP contribution in [0.2, 0.25) is 0 Å². The molecule has 1 N–H and O–H groups in total. The highest BCUT2D eigenvalue weighted by Gasteiger charge is 2.53. The van der Waals surface area contributed by atoms with E-state index in [0.29, 0.717) is 11.9 Å². The molecule has 0 saturated carbocycles. The summed E-state index contributed by atoms with van der Waals surface area (Å²) in [6, 6.07) is 0. The lowest BCUT2D eigenvalue weighted by Gasteiger charge is -2.32. The molecular formula is C12H21BN2O4S. The van der Waals surface area contributed by atoms with Gasteiger partial charge in [-0.1, -0.05) is 6.92 Å². The van der Waals surface area contributed by atoms with Gasteiger partial charge in [-0.25, -0.2) is 8.42 Å². The Kier molecular flexibility index (Phi) is 3.77. The average molecular weight is 300 g/mol. The summed E-state index contributed by atoms with van der Waals surface area (Å²) in [5.41, 5.74) is -0.585. The maximum atomic E-state index is 12.2. The van der Waals surface area contributed by atoms with Crippen LogP contribution in [0.4, 0.5) is 0 Å². The van der Waals surface area contributed by atoms with Crippen LogP contribution in [-0.2, 0) is 19.1 Å². The number of hydrogen-bond acceptors (Lipinski definition) is 5. The standard InChI is InChI=1S/C12H21BN2O4S/c1-6-7-20(16,17)10-9(8-14-15-10)13-18-11(2,3)12(4,5)19-13/h8H,6-7H2,1-5H3,(H,14,15). The quantitative estimate of drug-likeness (QED) is 0.835. The van der Waals surface area contributed by atoms with Crippen molar-refractivity contribution >= 4 is 22.4 Å². The van der Waals surface area contributed by atoms with Crippen LogP contribution in [-0.4, -0.2) is 42.7 Å². The molecule has 112 valence electrons. The van der Waals surface area contributed by atoms with E-state index in [1.54, 1.807) is 0 Å². The van der Waals surface area contributed by atoms with E-state index in [0.717, 1.165) is 0 Å². The van der Waals surface area contributed by atoms with Gasteiger partial charge in [0.15, 0.2) is 9.84 Å². The summed E-state index contributed by atoms with van der Waals surface area (Å²) in [6.45, 7) is 9.52. The van der Waals surface area contributed by atoms with Crippen LogP contribution in [0.25, 0.3) is 0 Å². The van der Waals surface area contributed by atoms with Gasteiger partial charge in [0.25, 0.3) is 0 Å². The number of sulfone groups is 1. The molecule has 2 heterocycles. The largest absolute Gasteiger partial charge is 0.499 e. The molecule has 0 aliphatic carbocycles. The van der Waals surface area contributed by atoms with Crippen LogP contribution in [0, 0.1) is 0 Å². The third kappa shape index (κ3) is 2.52. The fourth-order valence-electron chi connectivity index (χ4n) is 2.04. The third-order valence-corrected chi connectivity index (χ3v) is 5.82. The molecule has 0 aromatic carbocycles. The second kappa shape index (κ2) is 4.86. The van der Waals surface area contributed by atoms with Crippen molar-refractivity contribution < 1.29 is 17.7 Å². The fraction of sp³-hybridized carbons (Fsp3) is 0.750. The first-order chi connectivity index (χ1) is 9.11. The lowest BCUT2D eigenvalue weighted by molar-refractivity contribution is 0.00578. The first-order valence-corrected chi connectivity index (χ1v) is 8.37. The van der Waals surface area contributed by atoms with E-state index < -0.39 is 28.2 Å². The molecule has 1 aromatic rings. The van der Waals surface area contributed by atoms with Crippen LogP contribution in [0.1, 0.15) is 41.0 Å². The zero-order valence-electron chi connectivity index (χ0n) is 12.6. The number of aromatic nitrogens is 2. The molecule has 1 aromatic heterocycles. The molecular weight excluding hydrogens is 279 g/mol. The Balaban J connectivity index is 2.36. The van der Waals surface area contributed by atoms with Crippen molar-refractivity contribution in [1.82, 2.24) is 10.2 Å². The van der Waals surface area contributed by atoms with Gasteiger partial charge in [0.1, 0.15) is 5.03 Å². The van der Waals surface area contributed by atoms with E-state index >= 15 is 0 Å². The second-order valence-electron chi connectivity index (χ2n) is 6.06. The van der Waals surface area contributed by atoms with Crippen LogP contribution >= 0.6 is 0 Å². The van der Waals surface area contributed by atoms with Gasteiger partial charge in [0, 0.05) is 11.7 Å². The topological polar surface area (TPSA) is 81.3 Å². The second-order valence-corrected chi connectivity index (χ2v) is 8.11. The molecule has 0 radical (unpaired) electrons. The Morgan fingerprint density at radius 1 is 1.25 bits per heavy atom. The fourth-order valence-corrected chi connectivity index (χ4v) is 3.48. The smallest absolute Gasteiger partial charge is 0.399 e. The Bertz CT molecular complexity index is 578. The van der Waals surface area contributed by atoms with Gasteiger partial charge < -0.3 is 9.31 Å². The molecule has 0 bridgehead atoms. The Hall–Kier alpha value is -0.855. The molecule has 0 atom stereocenters. The lowest BCUT2D eigenvalue weighted by atomic mass is 9.82. The number of rotatable bonds is 4. The zero-order valence-corrected chi connectivity index (χ0v) is 13.4. The molecule has 1 aliphatic rings. The number of aromatic amines is 1. The Labute approximate surface area is 120 Å². The van der Waals surface area contributed by atoms with Gasteiger partial charge in [-0.2, -0.15) is 5.10 Å². The molecule has 2 rings (SSSR count). The summed E-state index contributed by atoms with van der Waals surface area (Å²) < 4.78 is 36.2. The molecule has 8 heteroatoms. The minimum Gasteiger partial charge on any atom is -0.399 e. The first kappa shape index (κ1) is 15.5. The average Bonchev–Trinajstić information content (AvgIpc) is 2.82. The summed E-state index contributed by atoms with van der Waals surface area (Å²) in [4.78, 5) is 0. The van der Waals surface area contributed by atoms with Gasteiger partial charge in [0.2, 0.25) is 0 Å². The molecule has 0 spiro atoms. The normalized spacial score (nSPS) is 21.4. The Morgan fingerprint density at radius 2 is 1.80 bits per heavy atom. The highest BCUT2D eigenvalue weighted by atomic mass is 32.2. The zero-order chi connectivity index (χ0) is 15.2. The Morgan fingerprint density at radius 3 is 2.30 bits per heavy atom. The summed E-state index contributed by atoms with van der Waals surface area (Å²) >= 11 is 0. The van der Waals surface area contributed by atoms with Gasteiger partial charge in [0.05, 0.1) is 17.0 Å². The summed E-state index contributed by atoms with van der Waals surface area (Å²) in [5.74, 6) is 0.0711. The van der Waals surface area contributed by atoms with Gasteiger partial charge in [-0.15, -0.1) is 0 Å². The van der Waals surface area contributed by atoms with E-state index in [4.69, 9.17) is 9.31 Å². The molecule has 1 fully saturated rings. The number of H-pyrrole nitrogens is 1. The monoisotopic (exact) mass is 300 g/mol. The van der Waals surface area contributed by atoms with Gasteiger partial charge >= 0.3 is 7.12 Å². The first-order valence-electron chi connectivity index (χ1n) is 6.72. The highest BCUT2D eigenvalue weighted by molar-refractivity contribution is 7.91. The number of hydrogen-bond donors (Lipinski definition) is 1. The lowest BCUT2D eigenvalue weighted by Crippen LogP contribution is -2.41. The summed E-state index contributed by atoms with van der Waals surface area (Å²) in [5, 5.41) is 6.51. The number of nitrogens with one attached hydrogen (secondary N) is 1. The molecule has 20 heavy (non-hydrogen) atoms. The van der Waals surface area contributed by atoms with Gasteiger partial charge in [-0.05, 0) is 34.1 Å². The minimum atomic E-state index is -3.39. The van der Waals surface area contributed by atoms with Crippen molar-refractivity contribution in [3.63, 3.8) is 0 Å². The van der Waals surface area contributed by atoms with Crippen LogP contribution in [0.15, 0.2) is 11.2 Å². The van der Waals surface area contributed by atoms with E-state index in [1.807, 2.05) is 34.6 Å². The van der Waals surface area contributed by atoms with Crippen LogP contribution in [0.5, 0.6) is 0 Å². The molecule has 0 unspecified atom stereocenters. The molecule has 1 saturated heterocycles. The molecule has 6 nitrogen and oxygen atoms in total. The summed E-state index contributed by atoms with van der Waals surface area (Å²) in [7, 11) is -4.11. The third-order valence-electron chi connectivity index (χ3n) is 3.92. The maximum Gasteiger partial charge on any atom is 0.499 e. The van der Waals surface area contributed by atoms with E-state index in [-0.39, 0.29) is 10.8 Å². The van der Waals surface area contributed by atoms with Crippen molar-refractivity contribution in [2.24, 2.45) is 0 Å². The van der Waals surface area contributed by atoms with Crippen molar-refractivity contribution in [2.75, 3.05) is 5.75 Å². The predicted molar refractivity (Wildman–Crippen MR) is 76.6 cm³/mol. The van der Waals surface area contributed by atoms with E-state index in [2.05, 4.69) is 10.2 Å². The van der Waals surface area contributed by atoms with Crippen molar-refractivity contribution in [2.45, 2.75) is 57.3 Å². The highest BCUT2D eigenvalue weighted by Crippen LogP contribution is 2.36. The van der Waals surface area contributed by atoms with E-state index in [9.17, 15) is 8.42 Å². The minimum absolute atomic E-state index is 0.0711. The SMILES string of the molecule is CCCS(=O)(=O)c1[nH]ncc1B1OC(C)(C)C(C)(C)O1. The van der Waals surface area contributed by atoms with Crippen molar-refractivity contribution in [3.8, 4) is 0 Å². The van der Waals surface area contributed by atoms with Crippen molar-refractivity contribution in [1.29, 1.82) is 0 Å². The van der Waals surface area contributed by atoms with Crippen molar-refractivity contribution in [3.05, 3.63) is 6.20 Å². The summed E-state index contributed by atoms with van der Waals surface area (Å²) in [6.07, 6.45) is 2.01. The number of nitrogens with zero attached hydrogens (tertiary/aromatic N) is 1. The molecule has 0 amide bonds. The van der Waals surface area contributed by atoms with Gasteiger partial charge in [-0.3, -0.25) is 5.10 Å².